The van der Waals surface area contributed by atoms with Crippen LogP contribution in [-0.4, -0.2) is 65.2 Å². The first-order valence-corrected chi connectivity index (χ1v) is 9.80. The Morgan fingerprint density at radius 3 is 2.35 bits per heavy atom. The molecule has 1 heterocycles. The van der Waals surface area contributed by atoms with Gasteiger partial charge in [-0.3, -0.25) is 0 Å². The average Bonchev–Trinajstić information content (AvgIpc) is 2.47. The lowest BCUT2D eigenvalue weighted by Crippen LogP contribution is -2.52. The SMILES string of the molecule is CC1CNCCN1S(=O)(=O)c1cccc(S(=O)(=O)N(C)C)c1.Cl. The highest BCUT2D eigenvalue weighted by Gasteiger charge is 2.31. The first kappa shape index (κ1) is 20.3. The van der Waals surface area contributed by atoms with Crippen molar-refractivity contribution < 1.29 is 16.8 Å². The molecule has 0 amide bonds. The summed E-state index contributed by atoms with van der Waals surface area (Å²) in [6.07, 6.45) is 0. The highest BCUT2D eigenvalue weighted by atomic mass is 35.5. The molecule has 2 rings (SSSR count). The summed E-state index contributed by atoms with van der Waals surface area (Å²) in [6.45, 7) is 3.35. The summed E-state index contributed by atoms with van der Waals surface area (Å²) >= 11 is 0. The Morgan fingerprint density at radius 2 is 1.78 bits per heavy atom. The van der Waals surface area contributed by atoms with E-state index in [0.29, 0.717) is 19.6 Å². The number of nitrogens with one attached hydrogen (secondary N) is 1. The van der Waals surface area contributed by atoms with Crippen molar-refractivity contribution in [1.82, 2.24) is 13.9 Å². The van der Waals surface area contributed by atoms with Gasteiger partial charge in [0.2, 0.25) is 20.0 Å². The van der Waals surface area contributed by atoms with Crippen LogP contribution in [0, 0.1) is 0 Å². The minimum absolute atomic E-state index is 0. The number of hydrogen-bond donors (Lipinski definition) is 1. The van der Waals surface area contributed by atoms with Crippen LogP contribution in [-0.2, 0) is 20.0 Å². The normalized spacial score (nSPS) is 20.3. The highest BCUT2D eigenvalue weighted by molar-refractivity contribution is 7.90. The Hall–Kier alpha value is -0.710. The van der Waals surface area contributed by atoms with Gasteiger partial charge >= 0.3 is 0 Å². The molecule has 1 saturated heterocycles. The maximum Gasteiger partial charge on any atom is 0.243 e. The molecule has 1 atom stereocenters. The Kier molecular flexibility index (Phi) is 6.59. The van der Waals surface area contributed by atoms with Crippen LogP contribution in [0.25, 0.3) is 0 Å². The number of halogens is 1. The Labute approximate surface area is 144 Å². The molecule has 1 aliphatic heterocycles. The molecule has 0 spiro atoms. The van der Waals surface area contributed by atoms with Gasteiger partial charge in [-0.25, -0.2) is 21.1 Å². The second-order valence-electron chi connectivity index (χ2n) is 5.43. The van der Waals surface area contributed by atoms with Crippen molar-refractivity contribution in [2.24, 2.45) is 0 Å². The van der Waals surface area contributed by atoms with E-state index in [1.165, 1.54) is 42.7 Å². The third kappa shape index (κ3) is 4.04. The molecule has 1 aromatic carbocycles. The van der Waals surface area contributed by atoms with E-state index in [1.54, 1.807) is 0 Å². The fourth-order valence-corrected chi connectivity index (χ4v) is 5.02. The number of nitrogens with zero attached hydrogens (tertiary/aromatic N) is 2. The number of sulfonamides is 2. The summed E-state index contributed by atoms with van der Waals surface area (Å²) in [5.41, 5.74) is 0. The predicted molar refractivity (Wildman–Crippen MR) is 90.8 cm³/mol. The van der Waals surface area contributed by atoms with Crippen molar-refractivity contribution in [3.63, 3.8) is 0 Å². The molecule has 1 fully saturated rings. The van der Waals surface area contributed by atoms with Crippen LogP contribution in [0.4, 0.5) is 0 Å². The van der Waals surface area contributed by atoms with Crippen LogP contribution in [0.3, 0.4) is 0 Å². The van der Waals surface area contributed by atoms with Crippen LogP contribution in [0.15, 0.2) is 34.1 Å². The van der Waals surface area contributed by atoms with Gasteiger partial charge in [-0.15, -0.1) is 12.4 Å². The molecule has 0 radical (unpaired) electrons. The molecule has 0 aromatic heterocycles. The zero-order valence-electron chi connectivity index (χ0n) is 13.3. The maximum atomic E-state index is 12.7. The third-order valence-corrected chi connectivity index (χ3v) is 7.45. The second kappa shape index (κ2) is 7.45. The summed E-state index contributed by atoms with van der Waals surface area (Å²) < 4.78 is 52.3. The Balaban J connectivity index is 0.00000264. The monoisotopic (exact) mass is 383 g/mol. The molecule has 0 saturated carbocycles. The van der Waals surface area contributed by atoms with Gasteiger partial charge < -0.3 is 5.32 Å². The molecular weight excluding hydrogens is 362 g/mol. The molecule has 1 aromatic rings. The van der Waals surface area contributed by atoms with Gasteiger partial charge in [-0.1, -0.05) is 6.07 Å². The second-order valence-corrected chi connectivity index (χ2v) is 9.47. The molecule has 1 aliphatic rings. The summed E-state index contributed by atoms with van der Waals surface area (Å²) in [7, 11) is -4.55. The largest absolute Gasteiger partial charge is 0.314 e. The molecule has 7 nitrogen and oxygen atoms in total. The van der Waals surface area contributed by atoms with E-state index >= 15 is 0 Å². The number of rotatable bonds is 4. The van der Waals surface area contributed by atoms with Crippen LogP contribution in [0.5, 0.6) is 0 Å². The summed E-state index contributed by atoms with van der Waals surface area (Å²) in [6, 6.07) is 5.33. The van der Waals surface area contributed by atoms with Crippen molar-refractivity contribution in [2.75, 3.05) is 33.7 Å². The molecule has 132 valence electrons. The van der Waals surface area contributed by atoms with E-state index in [0.717, 1.165) is 4.31 Å². The van der Waals surface area contributed by atoms with Gasteiger partial charge in [0, 0.05) is 39.8 Å². The maximum absolute atomic E-state index is 12.7. The molecule has 0 aliphatic carbocycles. The Bertz CT molecular complexity index is 750. The van der Waals surface area contributed by atoms with Crippen molar-refractivity contribution in [2.45, 2.75) is 22.8 Å². The third-order valence-electron chi connectivity index (χ3n) is 3.63. The van der Waals surface area contributed by atoms with E-state index in [9.17, 15) is 16.8 Å². The van der Waals surface area contributed by atoms with Gasteiger partial charge in [0.15, 0.2) is 0 Å². The zero-order chi connectivity index (χ0) is 16.5. The summed E-state index contributed by atoms with van der Waals surface area (Å²) in [4.78, 5) is -0.0227. The van der Waals surface area contributed by atoms with Crippen molar-refractivity contribution in [3.8, 4) is 0 Å². The van der Waals surface area contributed by atoms with Crippen molar-refractivity contribution in [1.29, 1.82) is 0 Å². The predicted octanol–water partition coefficient (Wildman–Crippen LogP) is 0.341. The molecule has 10 heteroatoms. The number of hydrogen-bond acceptors (Lipinski definition) is 5. The first-order valence-electron chi connectivity index (χ1n) is 6.92. The van der Waals surface area contributed by atoms with Gasteiger partial charge in [-0.2, -0.15) is 4.31 Å². The quantitative estimate of drug-likeness (QED) is 0.810. The minimum Gasteiger partial charge on any atom is -0.314 e. The summed E-state index contributed by atoms with van der Waals surface area (Å²) in [5, 5.41) is 3.13. The standard InChI is InChI=1S/C13H21N3O4S2.ClH/c1-11-10-14-7-8-16(11)22(19,20)13-6-4-5-12(9-13)21(17,18)15(2)3;/h4-6,9,11,14H,7-8,10H2,1-3H3;1H. The van der Waals surface area contributed by atoms with Gasteiger partial charge in [0.25, 0.3) is 0 Å². The highest BCUT2D eigenvalue weighted by Crippen LogP contribution is 2.23. The number of benzene rings is 1. The van der Waals surface area contributed by atoms with E-state index in [1.807, 2.05) is 6.92 Å². The van der Waals surface area contributed by atoms with Crippen LogP contribution < -0.4 is 5.32 Å². The van der Waals surface area contributed by atoms with E-state index < -0.39 is 20.0 Å². The molecular formula is C13H22ClN3O4S2. The fraction of sp³-hybridized carbons (Fsp3) is 0.538. The molecule has 1 unspecified atom stereocenters. The van der Waals surface area contributed by atoms with Crippen molar-refractivity contribution >= 4 is 32.5 Å². The summed E-state index contributed by atoms with van der Waals surface area (Å²) in [5.74, 6) is 0. The number of piperazine rings is 1. The van der Waals surface area contributed by atoms with Gasteiger partial charge in [0.1, 0.15) is 0 Å². The fourth-order valence-electron chi connectivity index (χ4n) is 2.32. The van der Waals surface area contributed by atoms with E-state index in [-0.39, 0.29) is 28.2 Å². The minimum atomic E-state index is -3.71. The van der Waals surface area contributed by atoms with Gasteiger partial charge in [-0.05, 0) is 25.1 Å². The van der Waals surface area contributed by atoms with Crippen LogP contribution in [0.2, 0.25) is 0 Å². The first-order chi connectivity index (χ1) is 10.2. The molecule has 23 heavy (non-hydrogen) atoms. The van der Waals surface area contributed by atoms with Gasteiger partial charge in [0.05, 0.1) is 9.79 Å². The lowest BCUT2D eigenvalue weighted by Gasteiger charge is -2.32. The van der Waals surface area contributed by atoms with E-state index in [2.05, 4.69) is 5.32 Å². The average molecular weight is 384 g/mol. The smallest absolute Gasteiger partial charge is 0.243 e. The molecule has 0 bridgehead atoms. The van der Waals surface area contributed by atoms with Crippen LogP contribution in [0.1, 0.15) is 6.92 Å². The lowest BCUT2D eigenvalue weighted by atomic mass is 10.3. The molecule has 1 N–H and O–H groups in total. The Morgan fingerprint density at radius 1 is 1.17 bits per heavy atom. The van der Waals surface area contributed by atoms with E-state index in [4.69, 9.17) is 0 Å². The lowest BCUT2D eigenvalue weighted by molar-refractivity contribution is 0.284. The van der Waals surface area contributed by atoms with Crippen LogP contribution >= 0.6 is 12.4 Å². The van der Waals surface area contributed by atoms with Crippen molar-refractivity contribution in [3.05, 3.63) is 24.3 Å². The topological polar surface area (TPSA) is 86.8 Å². The zero-order valence-corrected chi connectivity index (χ0v) is 15.7.